The summed E-state index contributed by atoms with van der Waals surface area (Å²) in [7, 11) is 3.48. The normalized spacial score (nSPS) is 14.1. The molecule has 4 rings (SSSR count). The predicted octanol–water partition coefficient (Wildman–Crippen LogP) is 2.50. The van der Waals surface area contributed by atoms with Gasteiger partial charge < -0.3 is 35.0 Å². The number of carbonyl (C=O) groups is 2. The van der Waals surface area contributed by atoms with E-state index in [1.807, 2.05) is 12.1 Å². The first-order chi connectivity index (χ1) is 14.4. The number of hydrogen-bond donors (Lipinski definition) is 3. The Balaban J connectivity index is 1.42. The van der Waals surface area contributed by atoms with E-state index in [1.54, 1.807) is 59.9 Å². The van der Waals surface area contributed by atoms with E-state index in [0.717, 1.165) is 5.56 Å². The fourth-order valence-corrected chi connectivity index (χ4v) is 3.34. The first-order valence-electron chi connectivity index (χ1n) is 9.45. The van der Waals surface area contributed by atoms with Gasteiger partial charge in [-0.3, -0.25) is 9.59 Å². The Labute approximate surface area is 173 Å². The molecule has 3 heterocycles. The Kier molecular flexibility index (Phi) is 5.30. The van der Waals surface area contributed by atoms with E-state index in [2.05, 4.69) is 10.6 Å². The summed E-state index contributed by atoms with van der Waals surface area (Å²) in [6, 6.07) is 10.5. The van der Waals surface area contributed by atoms with Gasteiger partial charge in [-0.15, -0.1) is 0 Å². The van der Waals surface area contributed by atoms with E-state index in [-0.39, 0.29) is 18.1 Å². The number of nitrogen functional groups attached to an aromatic ring is 1. The van der Waals surface area contributed by atoms with Gasteiger partial charge in [-0.2, -0.15) is 0 Å². The van der Waals surface area contributed by atoms with Gasteiger partial charge in [0, 0.05) is 37.7 Å². The van der Waals surface area contributed by atoms with Crippen LogP contribution in [0.3, 0.4) is 0 Å². The molecule has 30 heavy (non-hydrogen) atoms. The van der Waals surface area contributed by atoms with Crippen LogP contribution in [0.15, 0.2) is 48.8 Å². The fraction of sp³-hybridized carbons (Fsp3) is 0.238. The topological polar surface area (TPSA) is 113 Å². The SMILES string of the molecule is Cn1cc(N)cc1C(=O)Nc1cc(C(=O)Nc2ccc(C3OCCO3)cc2)n(C)c1. The van der Waals surface area contributed by atoms with Gasteiger partial charge in [0.05, 0.1) is 24.6 Å². The molecule has 0 radical (unpaired) electrons. The number of carbonyl (C=O) groups excluding carboxylic acids is 2. The first-order valence-corrected chi connectivity index (χ1v) is 9.45. The molecule has 4 N–H and O–H groups in total. The molecular formula is C21H23N5O4. The smallest absolute Gasteiger partial charge is 0.272 e. The lowest BCUT2D eigenvalue weighted by molar-refractivity contribution is -0.0441. The zero-order valence-corrected chi connectivity index (χ0v) is 16.7. The fourth-order valence-electron chi connectivity index (χ4n) is 3.34. The number of aryl methyl sites for hydroxylation is 2. The second kappa shape index (κ2) is 8.05. The lowest BCUT2D eigenvalue weighted by atomic mass is 10.2. The van der Waals surface area contributed by atoms with Crippen LogP contribution in [0.4, 0.5) is 17.1 Å². The summed E-state index contributed by atoms with van der Waals surface area (Å²) >= 11 is 0. The summed E-state index contributed by atoms with van der Waals surface area (Å²) in [5.41, 5.74) is 9.12. The van der Waals surface area contributed by atoms with Gasteiger partial charge in [-0.25, -0.2) is 0 Å². The van der Waals surface area contributed by atoms with E-state index in [1.165, 1.54) is 0 Å². The molecular weight excluding hydrogens is 386 g/mol. The maximum Gasteiger partial charge on any atom is 0.272 e. The highest BCUT2D eigenvalue weighted by molar-refractivity contribution is 6.06. The molecule has 1 aromatic carbocycles. The third kappa shape index (κ3) is 4.07. The monoisotopic (exact) mass is 409 g/mol. The first kappa shape index (κ1) is 19.7. The number of ether oxygens (including phenoxy) is 2. The highest BCUT2D eigenvalue weighted by atomic mass is 16.7. The molecule has 1 saturated heterocycles. The van der Waals surface area contributed by atoms with Crippen molar-refractivity contribution >= 4 is 28.9 Å². The number of rotatable bonds is 5. The molecule has 1 fully saturated rings. The summed E-state index contributed by atoms with van der Waals surface area (Å²) in [4.78, 5) is 25.1. The molecule has 0 spiro atoms. The second-order valence-electron chi connectivity index (χ2n) is 7.10. The Morgan fingerprint density at radius 1 is 0.900 bits per heavy atom. The summed E-state index contributed by atoms with van der Waals surface area (Å²) in [5.74, 6) is -0.596. The van der Waals surface area contributed by atoms with E-state index in [0.29, 0.717) is 41.7 Å². The lowest BCUT2D eigenvalue weighted by Gasteiger charge is -2.10. The highest BCUT2D eigenvalue weighted by Crippen LogP contribution is 2.24. The molecule has 0 unspecified atom stereocenters. The number of benzene rings is 1. The van der Waals surface area contributed by atoms with Crippen LogP contribution >= 0.6 is 0 Å². The van der Waals surface area contributed by atoms with E-state index in [9.17, 15) is 9.59 Å². The molecule has 1 aliphatic heterocycles. The van der Waals surface area contributed by atoms with Crippen molar-refractivity contribution in [3.8, 4) is 0 Å². The van der Waals surface area contributed by atoms with Gasteiger partial charge in [0.1, 0.15) is 11.4 Å². The van der Waals surface area contributed by atoms with Gasteiger partial charge in [0.2, 0.25) is 0 Å². The maximum atomic E-state index is 12.7. The van der Waals surface area contributed by atoms with Crippen molar-refractivity contribution in [3.63, 3.8) is 0 Å². The number of amides is 2. The van der Waals surface area contributed by atoms with Crippen LogP contribution in [-0.4, -0.2) is 34.2 Å². The Hall–Kier alpha value is -3.56. The number of anilines is 3. The minimum Gasteiger partial charge on any atom is -0.397 e. The summed E-state index contributed by atoms with van der Waals surface area (Å²) < 4.78 is 14.2. The van der Waals surface area contributed by atoms with Crippen LogP contribution in [0.2, 0.25) is 0 Å². The molecule has 0 saturated carbocycles. The van der Waals surface area contributed by atoms with Crippen molar-refractivity contribution in [1.29, 1.82) is 0 Å². The number of nitrogens with one attached hydrogen (secondary N) is 2. The molecule has 156 valence electrons. The maximum absolute atomic E-state index is 12.7. The molecule has 9 heteroatoms. The number of hydrogen-bond acceptors (Lipinski definition) is 5. The van der Waals surface area contributed by atoms with E-state index < -0.39 is 0 Å². The van der Waals surface area contributed by atoms with Crippen LogP contribution in [0, 0.1) is 0 Å². The summed E-state index contributed by atoms with van der Waals surface area (Å²) in [6.45, 7) is 1.15. The minimum absolute atomic E-state index is 0.290. The van der Waals surface area contributed by atoms with Crippen molar-refractivity contribution in [2.24, 2.45) is 14.1 Å². The Bertz CT molecular complexity index is 1080. The van der Waals surface area contributed by atoms with Gasteiger partial charge in [0.15, 0.2) is 6.29 Å². The molecule has 0 aliphatic carbocycles. The summed E-state index contributed by atoms with van der Waals surface area (Å²) in [6.07, 6.45) is 2.99. The Morgan fingerprint density at radius 2 is 1.47 bits per heavy atom. The Morgan fingerprint density at radius 3 is 2.07 bits per heavy atom. The van der Waals surface area contributed by atoms with Crippen molar-refractivity contribution in [2.75, 3.05) is 29.6 Å². The van der Waals surface area contributed by atoms with Crippen molar-refractivity contribution in [3.05, 3.63) is 65.7 Å². The largest absolute Gasteiger partial charge is 0.397 e. The summed E-state index contributed by atoms with van der Waals surface area (Å²) in [5, 5.41) is 5.64. The van der Waals surface area contributed by atoms with Crippen molar-refractivity contribution in [1.82, 2.24) is 9.13 Å². The number of aromatic nitrogens is 2. The number of nitrogens with zero attached hydrogens (tertiary/aromatic N) is 2. The average molecular weight is 409 g/mol. The van der Waals surface area contributed by atoms with Gasteiger partial charge in [0.25, 0.3) is 11.8 Å². The molecule has 2 amide bonds. The van der Waals surface area contributed by atoms with Crippen LogP contribution in [-0.2, 0) is 23.6 Å². The minimum atomic E-state index is -0.353. The van der Waals surface area contributed by atoms with Gasteiger partial charge in [-0.1, -0.05) is 12.1 Å². The van der Waals surface area contributed by atoms with Gasteiger partial charge in [-0.05, 0) is 24.3 Å². The van der Waals surface area contributed by atoms with Crippen LogP contribution in [0.5, 0.6) is 0 Å². The lowest BCUT2D eigenvalue weighted by Crippen LogP contribution is -2.15. The van der Waals surface area contributed by atoms with Crippen molar-refractivity contribution in [2.45, 2.75) is 6.29 Å². The van der Waals surface area contributed by atoms with Gasteiger partial charge >= 0.3 is 0 Å². The second-order valence-corrected chi connectivity index (χ2v) is 7.10. The molecule has 2 aromatic heterocycles. The number of nitrogens with two attached hydrogens (primary N) is 1. The van der Waals surface area contributed by atoms with E-state index in [4.69, 9.17) is 15.2 Å². The zero-order chi connectivity index (χ0) is 21.3. The molecule has 3 aromatic rings. The highest BCUT2D eigenvalue weighted by Gasteiger charge is 2.19. The molecule has 9 nitrogen and oxygen atoms in total. The molecule has 0 atom stereocenters. The third-order valence-electron chi connectivity index (χ3n) is 4.82. The molecule has 1 aliphatic rings. The quantitative estimate of drug-likeness (QED) is 0.599. The standard InChI is InChI=1S/C21H23N5O4/c1-25-11-14(22)9-17(25)19(27)24-16-10-18(26(2)12-16)20(28)23-15-5-3-13(4-6-15)21-29-7-8-30-21/h3-6,9-12,21H,7-8,22H2,1-2H3,(H,23,28)(H,24,27). The third-order valence-corrected chi connectivity index (χ3v) is 4.82. The van der Waals surface area contributed by atoms with Crippen LogP contribution < -0.4 is 16.4 Å². The predicted molar refractivity (Wildman–Crippen MR) is 112 cm³/mol. The van der Waals surface area contributed by atoms with Crippen molar-refractivity contribution < 1.29 is 19.1 Å². The molecule has 0 bridgehead atoms. The average Bonchev–Trinajstić information content (AvgIpc) is 3.43. The zero-order valence-electron chi connectivity index (χ0n) is 16.7. The van der Waals surface area contributed by atoms with Crippen LogP contribution in [0.25, 0.3) is 0 Å². The van der Waals surface area contributed by atoms with Crippen LogP contribution in [0.1, 0.15) is 32.8 Å². The van der Waals surface area contributed by atoms with E-state index >= 15 is 0 Å².